The van der Waals surface area contributed by atoms with Crippen LogP contribution in [0.15, 0.2) is 46.9 Å². The van der Waals surface area contributed by atoms with Gasteiger partial charge in [-0.05, 0) is 42.8 Å². The number of halogens is 1. The SMILES string of the molecule is NCCc1cccc(-c2nc3ccc(Br)cc3[nH]2)c1. The van der Waals surface area contributed by atoms with E-state index < -0.39 is 0 Å². The highest BCUT2D eigenvalue weighted by molar-refractivity contribution is 9.10. The number of imidazole rings is 1. The van der Waals surface area contributed by atoms with Gasteiger partial charge in [-0.1, -0.05) is 34.1 Å². The van der Waals surface area contributed by atoms with Crippen molar-refractivity contribution in [3.05, 3.63) is 52.5 Å². The molecule has 0 fully saturated rings. The molecule has 1 aromatic heterocycles. The Labute approximate surface area is 120 Å². The lowest BCUT2D eigenvalue weighted by Crippen LogP contribution is -2.02. The summed E-state index contributed by atoms with van der Waals surface area (Å²) >= 11 is 3.47. The van der Waals surface area contributed by atoms with Crippen molar-refractivity contribution < 1.29 is 0 Å². The highest BCUT2D eigenvalue weighted by atomic mass is 79.9. The monoisotopic (exact) mass is 315 g/mol. The molecule has 96 valence electrons. The van der Waals surface area contributed by atoms with Crippen LogP contribution in [0.25, 0.3) is 22.4 Å². The van der Waals surface area contributed by atoms with Crippen LogP contribution in [-0.2, 0) is 6.42 Å². The predicted octanol–water partition coefficient (Wildman–Crippen LogP) is 3.49. The van der Waals surface area contributed by atoms with E-state index in [4.69, 9.17) is 5.73 Å². The average Bonchev–Trinajstić information content (AvgIpc) is 2.82. The number of hydrogen-bond acceptors (Lipinski definition) is 2. The third-order valence-electron chi connectivity index (χ3n) is 3.08. The minimum absolute atomic E-state index is 0.663. The summed E-state index contributed by atoms with van der Waals surface area (Å²) in [7, 11) is 0. The van der Waals surface area contributed by atoms with Gasteiger partial charge in [-0.2, -0.15) is 0 Å². The van der Waals surface area contributed by atoms with Crippen molar-refractivity contribution in [3.63, 3.8) is 0 Å². The Morgan fingerprint density at radius 2 is 2.05 bits per heavy atom. The van der Waals surface area contributed by atoms with Gasteiger partial charge < -0.3 is 10.7 Å². The third kappa shape index (κ3) is 2.55. The molecule has 0 atom stereocenters. The highest BCUT2D eigenvalue weighted by Crippen LogP contribution is 2.23. The quantitative estimate of drug-likeness (QED) is 0.777. The fourth-order valence-corrected chi connectivity index (χ4v) is 2.52. The first-order chi connectivity index (χ1) is 9.26. The lowest BCUT2D eigenvalue weighted by atomic mass is 10.1. The van der Waals surface area contributed by atoms with Gasteiger partial charge in [0, 0.05) is 10.0 Å². The number of aromatic nitrogens is 2. The Hall–Kier alpha value is -1.65. The minimum atomic E-state index is 0.663. The lowest BCUT2D eigenvalue weighted by molar-refractivity contribution is 0.969. The van der Waals surface area contributed by atoms with E-state index in [0.717, 1.165) is 33.3 Å². The zero-order valence-corrected chi connectivity index (χ0v) is 11.9. The number of hydrogen-bond donors (Lipinski definition) is 2. The molecule has 0 radical (unpaired) electrons. The topological polar surface area (TPSA) is 54.7 Å². The molecule has 1 heterocycles. The van der Waals surface area contributed by atoms with E-state index >= 15 is 0 Å². The highest BCUT2D eigenvalue weighted by Gasteiger charge is 2.06. The number of H-pyrrole nitrogens is 1. The first-order valence-corrected chi connectivity index (χ1v) is 7.00. The summed E-state index contributed by atoms with van der Waals surface area (Å²) in [6.45, 7) is 0.663. The van der Waals surface area contributed by atoms with E-state index in [1.807, 2.05) is 24.3 Å². The van der Waals surface area contributed by atoms with Crippen LogP contribution in [0.5, 0.6) is 0 Å². The molecular formula is C15H14BrN3. The van der Waals surface area contributed by atoms with Gasteiger partial charge >= 0.3 is 0 Å². The maximum absolute atomic E-state index is 5.60. The number of rotatable bonds is 3. The number of aromatic amines is 1. The largest absolute Gasteiger partial charge is 0.338 e. The summed E-state index contributed by atoms with van der Waals surface area (Å²) in [5, 5.41) is 0. The van der Waals surface area contributed by atoms with E-state index in [-0.39, 0.29) is 0 Å². The van der Waals surface area contributed by atoms with Gasteiger partial charge in [0.25, 0.3) is 0 Å². The van der Waals surface area contributed by atoms with E-state index in [1.165, 1.54) is 5.56 Å². The van der Waals surface area contributed by atoms with Crippen molar-refractivity contribution >= 4 is 27.0 Å². The minimum Gasteiger partial charge on any atom is -0.338 e. The van der Waals surface area contributed by atoms with Crippen molar-refractivity contribution in [1.29, 1.82) is 0 Å². The fraction of sp³-hybridized carbons (Fsp3) is 0.133. The Bertz CT molecular complexity index is 718. The van der Waals surface area contributed by atoms with Gasteiger partial charge in [-0.3, -0.25) is 0 Å². The van der Waals surface area contributed by atoms with Crippen LogP contribution in [-0.4, -0.2) is 16.5 Å². The fourth-order valence-electron chi connectivity index (χ4n) is 2.16. The van der Waals surface area contributed by atoms with Gasteiger partial charge in [0.15, 0.2) is 0 Å². The summed E-state index contributed by atoms with van der Waals surface area (Å²) in [5.41, 5.74) is 9.94. The molecule has 3 nitrogen and oxygen atoms in total. The van der Waals surface area contributed by atoms with Crippen molar-refractivity contribution in [2.45, 2.75) is 6.42 Å². The second kappa shape index (κ2) is 5.15. The summed E-state index contributed by atoms with van der Waals surface area (Å²) in [6.07, 6.45) is 0.889. The molecule has 3 rings (SSSR count). The molecule has 0 amide bonds. The Morgan fingerprint density at radius 3 is 2.89 bits per heavy atom. The predicted molar refractivity (Wildman–Crippen MR) is 82.0 cm³/mol. The molecular weight excluding hydrogens is 302 g/mol. The third-order valence-corrected chi connectivity index (χ3v) is 3.57. The molecule has 2 aromatic carbocycles. The van der Waals surface area contributed by atoms with Crippen LogP contribution in [0.3, 0.4) is 0 Å². The molecule has 0 aliphatic carbocycles. The molecule has 0 saturated heterocycles. The standard InChI is InChI=1S/C15H14BrN3/c16-12-4-5-13-14(9-12)19-15(18-13)11-3-1-2-10(8-11)6-7-17/h1-5,8-9H,6-7,17H2,(H,18,19). The van der Waals surface area contributed by atoms with E-state index in [0.29, 0.717) is 6.54 Å². The number of benzene rings is 2. The summed E-state index contributed by atoms with van der Waals surface area (Å²) in [5.74, 6) is 0.895. The van der Waals surface area contributed by atoms with Gasteiger partial charge in [0.1, 0.15) is 5.82 Å². The Balaban J connectivity index is 2.05. The Morgan fingerprint density at radius 1 is 1.16 bits per heavy atom. The Kier molecular flexibility index (Phi) is 3.36. The number of fused-ring (bicyclic) bond motifs is 1. The first-order valence-electron chi connectivity index (χ1n) is 6.21. The van der Waals surface area contributed by atoms with Gasteiger partial charge in [0.2, 0.25) is 0 Å². The molecule has 0 aliphatic heterocycles. The molecule has 3 N–H and O–H groups in total. The smallest absolute Gasteiger partial charge is 0.138 e. The van der Waals surface area contributed by atoms with Crippen LogP contribution in [0, 0.1) is 0 Å². The zero-order valence-electron chi connectivity index (χ0n) is 10.4. The van der Waals surface area contributed by atoms with Crippen LogP contribution in [0.4, 0.5) is 0 Å². The van der Waals surface area contributed by atoms with Crippen LogP contribution in [0.2, 0.25) is 0 Å². The molecule has 3 aromatic rings. The van der Waals surface area contributed by atoms with Gasteiger partial charge in [-0.15, -0.1) is 0 Å². The van der Waals surface area contributed by atoms with Gasteiger partial charge in [0.05, 0.1) is 11.0 Å². The zero-order chi connectivity index (χ0) is 13.2. The summed E-state index contributed by atoms with van der Waals surface area (Å²) in [6, 6.07) is 14.4. The molecule has 0 saturated carbocycles. The summed E-state index contributed by atoms with van der Waals surface area (Å²) < 4.78 is 1.05. The van der Waals surface area contributed by atoms with Crippen LogP contribution >= 0.6 is 15.9 Å². The summed E-state index contributed by atoms with van der Waals surface area (Å²) in [4.78, 5) is 7.97. The molecule has 0 spiro atoms. The molecule has 19 heavy (non-hydrogen) atoms. The normalized spacial score (nSPS) is 11.1. The molecule has 0 aliphatic rings. The second-order valence-corrected chi connectivity index (χ2v) is 5.40. The van der Waals surface area contributed by atoms with Crippen LogP contribution < -0.4 is 5.73 Å². The van der Waals surface area contributed by atoms with E-state index in [1.54, 1.807) is 0 Å². The van der Waals surface area contributed by atoms with Crippen molar-refractivity contribution in [2.24, 2.45) is 5.73 Å². The van der Waals surface area contributed by atoms with Crippen molar-refractivity contribution in [2.75, 3.05) is 6.54 Å². The van der Waals surface area contributed by atoms with Crippen LogP contribution in [0.1, 0.15) is 5.56 Å². The van der Waals surface area contributed by atoms with Crippen molar-refractivity contribution in [1.82, 2.24) is 9.97 Å². The van der Waals surface area contributed by atoms with Gasteiger partial charge in [-0.25, -0.2) is 4.98 Å². The lowest BCUT2D eigenvalue weighted by Gasteiger charge is -2.01. The molecule has 4 heteroatoms. The van der Waals surface area contributed by atoms with E-state index in [2.05, 4.69) is 44.1 Å². The first kappa shape index (κ1) is 12.4. The second-order valence-electron chi connectivity index (χ2n) is 4.49. The van der Waals surface area contributed by atoms with E-state index in [9.17, 15) is 0 Å². The molecule has 0 bridgehead atoms. The average molecular weight is 316 g/mol. The number of nitrogens with zero attached hydrogens (tertiary/aromatic N) is 1. The number of nitrogens with two attached hydrogens (primary N) is 1. The molecule has 0 unspecified atom stereocenters. The van der Waals surface area contributed by atoms with Crippen molar-refractivity contribution in [3.8, 4) is 11.4 Å². The number of nitrogens with one attached hydrogen (secondary N) is 1. The maximum Gasteiger partial charge on any atom is 0.138 e. The maximum atomic E-state index is 5.60.